The zero-order valence-corrected chi connectivity index (χ0v) is 14.7. The van der Waals surface area contributed by atoms with Crippen molar-refractivity contribution in [3.63, 3.8) is 0 Å². The first kappa shape index (κ1) is 17.8. The lowest BCUT2D eigenvalue weighted by atomic mass is 9.77. The van der Waals surface area contributed by atoms with Crippen LogP contribution in [0.2, 0.25) is 0 Å². The molecule has 1 saturated heterocycles. The molecule has 1 aliphatic rings. The molecule has 0 amide bonds. The summed E-state index contributed by atoms with van der Waals surface area (Å²) < 4.78 is 22.9. The number of hydrogen-bond acceptors (Lipinski definition) is 6. The Hall–Kier alpha value is -1.57. The summed E-state index contributed by atoms with van der Waals surface area (Å²) in [5.74, 6) is 0.580. The maximum Gasteiger partial charge on any atom is 0.498 e. The molecule has 1 aromatic carbocycles. The second-order valence-corrected chi connectivity index (χ2v) is 6.55. The molecule has 0 aliphatic carbocycles. The van der Waals surface area contributed by atoms with E-state index in [2.05, 4.69) is 4.99 Å². The van der Waals surface area contributed by atoms with Crippen LogP contribution in [0.25, 0.3) is 0 Å². The van der Waals surface area contributed by atoms with Gasteiger partial charge >= 0.3 is 7.12 Å². The minimum absolute atomic E-state index is 0.118. The molecular weight excluding hydrogens is 295 g/mol. The van der Waals surface area contributed by atoms with E-state index in [4.69, 9.17) is 24.5 Å². The van der Waals surface area contributed by atoms with Gasteiger partial charge in [-0.15, -0.1) is 0 Å². The van der Waals surface area contributed by atoms with Crippen molar-refractivity contribution in [2.24, 2.45) is 4.99 Å². The first-order valence-electron chi connectivity index (χ1n) is 7.55. The Labute approximate surface area is 138 Å². The zero-order valence-electron chi connectivity index (χ0n) is 14.7. The van der Waals surface area contributed by atoms with Gasteiger partial charge in [0, 0.05) is 43.2 Å². The maximum atomic E-state index is 6.12. The minimum atomic E-state index is -0.545. The summed E-state index contributed by atoms with van der Waals surface area (Å²) in [4.78, 5) is 4.03. The monoisotopic (exact) mass is 320 g/mol. The number of nitrogen functional groups attached to an aromatic ring is 1. The molecule has 2 N–H and O–H groups in total. The van der Waals surface area contributed by atoms with Gasteiger partial charge in [-0.1, -0.05) is 0 Å². The molecule has 1 aliphatic heterocycles. The summed E-state index contributed by atoms with van der Waals surface area (Å²) in [6.07, 6.45) is 1.70. The lowest BCUT2D eigenvalue weighted by Gasteiger charge is -2.32. The number of rotatable bonds is 5. The minimum Gasteiger partial charge on any atom is -0.468 e. The van der Waals surface area contributed by atoms with Crippen LogP contribution in [0.4, 0.5) is 5.69 Å². The van der Waals surface area contributed by atoms with Gasteiger partial charge in [0.1, 0.15) is 5.75 Å². The molecule has 7 heteroatoms. The van der Waals surface area contributed by atoms with Crippen LogP contribution in [-0.4, -0.2) is 45.5 Å². The standard InChI is InChI=1S/C16H25BN2O4/c1-15(2)16(3,4)23-17(22-15)12-7-11(9-19-5)13(18)8-14(12)21-10-20-6/h7-9H,10,18H2,1-6H3. The fourth-order valence-electron chi connectivity index (χ4n) is 2.28. The molecule has 23 heavy (non-hydrogen) atoms. The van der Waals surface area contributed by atoms with Gasteiger partial charge in [0.05, 0.1) is 11.2 Å². The van der Waals surface area contributed by atoms with Crippen LogP contribution in [-0.2, 0) is 14.0 Å². The topological polar surface area (TPSA) is 75.3 Å². The van der Waals surface area contributed by atoms with E-state index in [0.29, 0.717) is 11.4 Å². The number of nitrogens with zero attached hydrogens (tertiary/aromatic N) is 1. The summed E-state index contributed by atoms with van der Waals surface area (Å²) in [5.41, 5.74) is 7.32. The Bertz CT molecular complexity index is 586. The van der Waals surface area contributed by atoms with Crippen LogP contribution in [0.1, 0.15) is 33.3 Å². The fourth-order valence-corrected chi connectivity index (χ4v) is 2.28. The SMILES string of the molecule is CN=Cc1cc(B2OC(C)(C)C(C)(C)O2)c(OCOC)cc1N. The molecule has 2 rings (SSSR count). The molecule has 0 aromatic heterocycles. The Morgan fingerprint density at radius 1 is 1.22 bits per heavy atom. The van der Waals surface area contributed by atoms with Crippen LogP contribution < -0.4 is 15.9 Å². The molecule has 126 valence electrons. The molecule has 1 heterocycles. The number of ether oxygens (including phenoxy) is 2. The van der Waals surface area contributed by atoms with Crippen LogP contribution >= 0.6 is 0 Å². The number of aliphatic imine (C=N–C) groups is 1. The fraction of sp³-hybridized carbons (Fsp3) is 0.562. The summed E-state index contributed by atoms with van der Waals surface area (Å²) in [7, 11) is 2.72. The van der Waals surface area contributed by atoms with Crippen molar-refractivity contribution >= 4 is 24.5 Å². The van der Waals surface area contributed by atoms with E-state index in [1.807, 2.05) is 33.8 Å². The highest BCUT2D eigenvalue weighted by Gasteiger charge is 2.52. The molecule has 0 spiro atoms. The third kappa shape index (κ3) is 3.52. The second-order valence-electron chi connectivity index (χ2n) is 6.55. The summed E-state index contributed by atoms with van der Waals surface area (Å²) in [6, 6.07) is 3.63. The molecule has 0 bridgehead atoms. The maximum absolute atomic E-state index is 6.12. The predicted molar refractivity (Wildman–Crippen MR) is 92.6 cm³/mol. The van der Waals surface area contributed by atoms with Crippen molar-refractivity contribution in [2.75, 3.05) is 26.7 Å². The predicted octanol–water partition coefficient (Wildman–Crippen LogP) is 1.60. The normalized spacial score (nSPS) is 19.5. The highest BCUT2D eigenvalue weighted by atomic mass is 16.7. The first-order chi connectivity index (χ1) is 10.7. The Balaban J connectivity index is 2.44. The van der Waals surface area contributed by atoms with Gasteiger partial charge in [-0.3, -0.25) is 4.99 Å². The molecule has 0 atom stereocenters. The number of hydrogen-bond donors (Lipinski definition) is 1. The molecule has 6 nitrogen and oxygen atoms in total. The van der Waals surface area contributed by atoms with Gasteiger partial charge in [-0.2, -0.15) is 0 Å². The van der Waals surface area contributed by atoms with E-state index in [1.165, 1.54) is 0 Å². The van der Waals surface area contributed by atoms with Gasteiger partial charge in [0.25, 0.3) is 0 Å². The highest BCUT2D eigenvalue weighted by Crippen LogP contribution is 2.37. The summed E-state index contributed by atoms with van der Waals surface area (Å²) in [6.45, 7) is 8.15. The lowest BCUT2D eigenvalue weighted by molar-refractivity contribution is 0.00578. The highest BCUT2D eigenvalue weighted by molar-refractivity contribution is 6.63. The first-order valence-corrected chi connectivity index (χ1v) is 7.55. The van der Waals surface area contributed by atoms with Crippen LogP contribution in [0.3, 0.4) is 0 Å². The van der Waals surface area contributed by atoms with E-state index >= 15 is 0 Å². The van der Waals surface area contributed by atoms with Gasteiger partial charge in [0.2, 0.25) is 0 Å². The van der Waals surface area contributed by atoms with E-state index in [-0.39, 0.29) is 6.79 Å². The van der Waals surface area contributed by atoms with E-state index in [9.17, 15) is 0 Å². The summed E-state index contributed by atoms with van der Waals surface area (Å²) in [5, 5.41) is 0. The van der Waals surface area contributed by atoms with Crippen LogP contribution in [0, 0.1) is 0 Å². The third-order valence-electron chi connectivity index (χ3n) is 4.32. The van der Waals surface area contributed by atoms with Crippen LogP contribution in [0.5, 0.6) is 5.75 Å². The van der Waals surface area contributed by atoms with Crippen molar-refractivity contribution in [3.8, 4) is 5.75 Å². The van der Waals surface area contributed by atoms with Crippen molar-refractivity contribution < 1.29 is 18.8 Å². The van der Waals surface area contributed by atoms with E-state index in [0.717, 1.165) is 11.0 Å². The zero-order chi connectivity index (χ0) is 17.3. The molecular formula is C16H25BN2O4. The van der Waals surface area contributed by atoms with Gasteiger partial charge in [0.15, 0.2) is 6.79 Å². The smallest absolute Gasteiger partial charge is 0.468 e. The average molecular weight is 320 g/mol. The second kappa shape index (κ2) is 6.51. The number of anilines is 1. The van der Waals surface area contributed by atoms with E-state index < -0.39 is 18.3 Å². The number of benzene rings is 1. The average Bonchev–Trinajstić information content (AvgIpc) is 2.67. The Morgan fingerprint density at radius 2 is 1.83 bits per heavy atom. The lowest BCUT2D eigenvalue weighted by Crippen LogP contribution is -2.41. The Kier molecular flexibility index (Phi) is 5.03. The van der Waals surface area contributed by atoms with Crippen molar-refractivity contribution in [1.29, 1.82) is 0 Å². The Morgan fingerprint density at radius 3 is 2.35 bits per heavy atom. The van der Waals surface area contributed by atoms with Crippen molar-refractivity contribution in [2.45, 2.75) is 38.9 Å². The largest absolute Gasteiger partial charge is 0.498 e. The van der Waals surface area contributed by atoms with E-state index in [1.54, 1.807) is 26.4 Å². The number of methoxy groups -OCH3 is 1. The molecule has 0 saturated carbocycles. The van der Waals surface area contributed by atoms with Gasteiger partial charge in [-0.05, 0) is 33.8 Å². The number of nitrogens with two attached hydrogens (primary N) is 1. The van der Waals surface area contributed by atoms with Gasteiger partial charge in [-0.25, -0.2) is 0 Å². The molecule has 1 aromatic rings. The molecule has 1 fully saturated rings. The van der Waals surface area contributed by atoms with Crippen molar-refractivity contribution in [1.82, 2.24) is 0 Å². The molecule has 0 radical (unpaired) electrons. The third-order valence-corrected chi connectivity index (χ3v) is 4.32. The quantitative estimate of drug-likeness (QED) is 0.386. The summed E-state index contributed by atoms with van der Waals surface area (Å²) >= 11 is 0. The van der Waals surface area contributed by atoms with Crippen molar-refractivity contribution in [3.05, 3.63) is 17.7 Å². The van der Waals surface area contributed by atoms with Gasteiger partial charge < -0.3 is 24.5 Å². The van der Waals surface area contributed by atoms with Crippen LogP contribution in [0.15, 0.2) is 17.1 Å². The molecule has 0 unspecified atom stereocenters.